The fourth-order valence-corrected chi connectivity index (χ4v) is 3.87. The van der Waals surface area contributed by atoms with Gasteiger partial charge in [-0.25, -0.2) is 9.29 Å². The molecule has 0 radical (unpaired) electrons. The van der Waals surface area contributed by atoms with Crippen LogP contribution in [0.3, 0.4) is 0 Å². The molecule has 0 bridgehead atoms. The Morgan fingerprint density at radius 2 is 1.79 bits per heavy atom. The molecule has 1 aliphatic rings. The van der Waals surface area contributed by atoms with Gasteiger partial charge in [-0.2, -0.15) is 0 Å². The Morgan fingerprint density at radius 3 is 2.43 bits per heavy atom. The van der Waals surface area contributed by atoms with Gasteiger partial charge >= 0.3 is 0 Å². The summed E-state index contributed by atoms with van der Waals surface area (Å²) in [7, 11) is 0. The molecule has 4 nitrogen and oxygen atoms in total. The van der Waals surface area contributed by atoms with Gasteiger partial charge in [-0.15, -0.1) is 11.3 Å². The van der Waals surface area contributed by atoms with E-state index in [1.165, 1.54) is 35.6 Å². The number of carbonyl (C=O) groups excluding carboxylic acids is 2. The Kier molecular flexibility index (Phi) is 4.75. The zero-order chi connectivity index (χ0) is 19.8. The van der Waals surface area contributed by atoms with Gasteiger partial charge in [-0.05, 0) is 60.3 Å². The van der Waals surface area contributed by atoms with E-state index in [1.807, 2.05) is 18.4 Å². The van der Waals surface area contributed by atoms with Gasteiger partial charge in [0.2, 0.25) is 0 Å². The number of anilines is 2. The van der Waals surface area contributed by atoms with Crippen molar-refractivity contribution in [2.75, 3.05) is 10.2 Å². The van der Waals surface area contributed by atoms with E-state index >= 15 is 0 Å². The average molecular weight is 413 g/mol. The van der Waals surface area contributed by atoms with E-state index in [2.05, 4.69) is 5.32 Å². The van der Waals surface area contributed by atoms with Crippen LogP contribution in [0.2, 0.25) is 5.02 Å². The normalized spacial score (nSPS) is 14.2. The smallest absolute Gasteiger partial charge is 0.282 e. The van der Waals surface area contributed by atoms with E-state index in [-0.39, 0.29) is 17.1 Å². The van der Waals surface area contributed by atoms with Gasteiger partial charge in [0.1, 0.15) is 11.5 Å². The van der Waals surface area contributed by atoms with Gasteiger partial charge in [-0.3, -0.25) is 9.59 Å². The van der Waals surface area contributed by atoms with E-state index in [0.717, 1.165) is 10.5 Å². The Morgan fingerprint density at radius 1 is 1.04 bits per heavy atom. The number of hydrogen-bond acceptors (Lipinski definition) is 4. The van der Waals surface area contributed by atoms with E-state index in [9.17, 15) is 14.0 Å². The van der Waals surface area contributed by atoms with Crippen LogP contribution in [0.15, 0.2) is 65.7 Å². The number of carbonyl (C=O) groups is 2. The number of benzene rings is 2. The topological polar surface area (TPSA) is 49.4 Å². The second-order valence-electron chi connectivity index (χ2n) is 6.24. The van der Waals surface area contributed by atoms with Crippen LogP contribution in [0.1, 0.15) is 10.4 Å². The molecule has 2 heterocycles. The van der Waals surface area contributed by atoms with Crippen LogP contribution in [0, 0.1) is 12.7 Å². The first-order valence-corrected chi connectivity index (χ1v) is 9.67. The van der Waals surface area contributed by atoms with Crippen molar-refractivity contribution in [3.05, 3.63) is 87.0 Å². The summed E-state index contributed by atoms with van der Waals surface area (Å²) >= 11 is 7.55. The van der Waals surface area contributed by atoms with Gasteiger partial charge in [0.25, 0.3) is 11.8 Å². The summed E-state index contributed by atoms with van der Waals surface area (Å²) in [5.41, 5.74) is 2.18. The maximum atomic E-state index is 13.2. The summed E-state index contributed by atoms with van der Waals surface area (Å²) in [6, 6.07) is 14.2. The number of thiophene rings is 1. The molecule has 1 aromatic heterocycles. The monoisotopic (exact) mass is 412 g/mol. The van der Waals surface area contributed by atoms with E-state index in [1.54, 1.807) is 24.3 Å². The lowest BCUT2D eigenvalue weighted by molar-refractivity contribution is -0.120. The maximum absolute atomic E-state index is 13.2. The number of amides is 2. The summed E-state index contributed by atoms with van der Waals surface area (Å²) in [6.07, 6.45) is 0. The van der Waals surface area contributed by atoms with Crippen molar-refractivity contribution in [1.82, 2.24) is 0 Å². The molecule has 0 saturated carbocycles. The second kappa shape index (κ2) is 7.22. The number of hydrogen-bond donors (Lipinski definition) is 1. The average Bonchev–Trinajstić information content (AvgIpc) is 3.27. The van der Waals surface area contributed by atoms with Gasteiger partial charge in [-0.1, -0.05) is 23.7 Å². The molecule has 3 aromatic rings. The van der Waals surface area contributed by atoms with Gasteiger partial charge in [0.05, 0.1) is 11.3 Å². The minimum atomic E-state index is -0.488. The fourth-order valence-electron chi connectivity index (χ4n) is 2.93. The first-order chi connectivity index (χ1) is 13.5. The van der Waals surface area contributed by atoms with E-state index in [4.69, 9.17) is 11.6 Å². The summed E-state index contributed by atoms with van der Waals surface area (Å²) in [6.45, 7) is 1.84. The quantitative estimate of drug-likeness (QED) is 0.596. The molecule has 7 heteroatoms. The molecule has 2 aromatic carbocycles. The predicted molar refractivity (Wildman–Crippen MR) is 110 cm³/mol. The predicted octanol–water partition coefficient (Wildman–Crippen LogP) is 5.25. The van der Waals surface area contributed by atoms with Gasteiger partial charge in [0, 0.05) is 15.6 Å². The van der Waals surface area contributed by atoms with Crippen LogP contribution in [0.25, 0.3) is 5.57 Å². The summed E-state index contributed by atoms with van der Waals surface area (Å²) in [4.78, 5) is 28.1. The van der Waals surface area contributed by atoms with Crippen molar-refractivity contribution in [2.24, 2.45) is 0 Å². The van der Waals surface area contributed by atoms with Crippen molar-refractivity contribution in [3.63, 3.8) is 0 Å². The van der Waals surface area contributed by atoms with Crippen LogP contribution >= 0.6 is 22.9 Å². The minimum Gasteiger partial charge on any atom is -0.350 e. The van der Waals surface area contributed by atoms with Crippen LogP contribution in [-0.4, -0.2) is 11.8 Å². The van der Waals surface area contributed by atoms with Crippen molar-refractivity contribution >= 4 is 51.7 Å². The number of nitrogens with one attached hydrogen (secondary N) is 1. The molecule has 4 rings (SSSR count). The number of rotatable bonds is 4. The fraction of sp³-hybridized carbons (Fsp3) is 0.0476. The first kappa shape index (κ1) is 18.4. The Hall–Kier alpha value is -2.96. The lowest BCUT2D eigenvalue weighted by Crippen LogP contribution is -2.32. The van der Waals surface area contributed by atoms with E-state index in [0.29, 0.717) is 21.3 Å². The molecule has 0 unspecified atom stereocenters. The van der Waals surface area contributed by atoms with Crippen LogP contribution in [0.5, 0.6) is 0 Å². The SMILES string of the molecule is Cc1ccc(N2C(=O)C(Nc3ccc(F)cc3)=C(c3cccs3)C2=O)cc1Cl. The van der Waals surface area contributed by atoms with Crippen molar-refractivity contribution in [3.8, 4) is 0 Å². The third-order valence-corrected chi connectivity index (χ3v) is 5.67. The standard InChI is InChI=1S/C21H14ClFN2O2S/c1-12-4-9-15(11-16(12)22)25-20(26)18(17-3-2-10-28-17)19(21(25)27)24-14-7-5-13(23)6-8-14/h2-11,24H,1H3. The van der Waals surface area contributed by atoms with Gasteiger partial charge in [0.15, 0.2) is 0 Å². The van der Waals surface area contributed by atoms with Crippen molar-refractivity contribution in [2.45, 2.75) is 6.92 Å². The zero-order valence-electron chi connectivity index (χ0n) is 14.7. The highest BCUT2D eigenvalue weighted by atomic mass is 35.5. The molecule has 0 fully saturated rings. The summed E-state index contributed by atoms with van der Waals surface area (Å²) in [5.74, 6) is -1.31. The molecule has 140 valence electrons. The molecule has 0 aliphatic carbocycles. The first-order valence-electron chi connectivity index (χ1n) is 8.41. The van der Waals surface area contributed by atoms with Gasteiger partial charge < -0.3 is 5.32 Å². The molecule has 28 heavy (non-hydrogen) atoms. The molecule has 0 saturated heterocycles. The van der Waals surface area contributed by atoms with Crippen LogP contribution in [-0.2, 0) is 9.59 Å². The van der Waals surface area contributed by atoms with Crippen LogP contribution < -0.4 is 10.2 Å². The summed E-state index contributed by atoms with van der Waals surface area (Å²) < 4.78 is 13.2. The van der Waals surface area contributed by atoms with Crippen LogP contribution in [0.4, 0.5) is 15.8 Å². The maximum Gasteiger partial charge on any atom is 0.282 e. The lowest BCUT2D eigenvalue weighted by Gasteiger charge is -2.16. The number of halogens is 2. The molecule has 1 N–H and O–H groups in total. The molecule has 2 amide bonds. The minimum absolute atomic E-state index is 0.149. The number of aryl methyl sites for hydroxylation is 1. The molecular weight excluding hydrogens is 399 g/mol. The lowest BCUT2D eigenvalue weighted by atomic mass is 10.2. The summed E-state index contributed by atoms with van der Waals surface area (Å²) in [5, 5.41) is 5.29. The largest absolute Gasteiger partial charge is 0.350 e. The Labute approximate surface area is 169 Å². The number of imide groups is 1. The molecule has 0 spiro atoms. The highest BCUT2D eigenvalue weighted by Gasteiger charge is 2.40. The molecule has 1 aliphatic heterocycles. The zero-order valence-corrected chi connectivity index (χ0v) is 16.3. The third-order valence-electron chi connectivity index (χ3n) is 4.38. The number of nitrogens with zero attached hydrogens (tertiary/aromatic N) is 1. The Bertz CT molecular complexity index is 1110. The van der Waals surface area contributed by atoms with E-state index < -0.39 is 11.8 Å². The highest BCUT2D eigenvalue weighted by Crippen LogP contribution is 2.36. The van der Waals surface area contributed by atoms with Crippen molar-refractivity contribution in [1.29, 1.82) is 0 Å². The molecular formula is C21H14ClFN2O2S. The van der Waals surface area contributed by atoms with Crippen molar-refractivity contribution < 1.29 is 14.0 Å². The highest BCUT2D eigenvalue weighted by molar-refractivity contribution is 7.11. The molecule has 0 atom stereocenters. The Balaban J connectivity index is 1.79. The second-order valence-corrected chi connectivity index (χ2v) is 7.59. The third kappa shape index (κ3) is 3.21.